The third-order valence-corrected chi connectivity index (χ3v) is 3.33. The van der Waals surface area contributed by atoms with E-state index >= 15 is 0 Å². The lowest BCUT2D eigenvalue weighted by Gasteiger charge is -2.20. The average Bonchev–Trinajstić information content (AvgIpc) is 2.27. The zero-order chi connectivity index (χ0) is 13.0. The molecule has 104 valence electrons. The molecule has 17 heavy (non-hydrogen) atoms. The molecule has 0 saturated heterocycles. The van der Waals surface area contributed by atoms with Crippen LogP contribution < -0.4 is 0 Å². The first kappa shape index (κ1) is 16.9. The van der Waals surface area contributed by atoms with Crippen LogP contribution in [0, 0.1) is 0 Å². The van der Waals surface area contributed by atoms with Crippen LogP contribution in [-0.4, -0.2) is 16.0 Å². The van der Waals surface area contributed by atoms with Crippen molar-refractivity contribution in [2.24, 2.45) is 0 Å². The Morgan fingerprint density at radius 2 is 1.06 bits per heavy atom. The molecule has 2 N–H and O–H groups in total. The van der Waals surface area contributed by atoms with Crippen molar-refractivity contribution < 1.29 is 10.2 Å². The van der Waals surface area contributed by atoms with Crippen molar-refractivity contribution in [2.45, 2.75) is 96.7 Å². The summed E-state index contributed by atoms with van der Waals surface area (Å²) in [5.74, 6) is -1.41. The molecule has 0 unspecified atom stereocenters. The quantitative estimate of drug-likeness (QED) is 0.395. The van der Waals surface area contributed by atoms with Crippen LogP contribution in [0.5, 0.6) is 0 Å². The molecule has 0 saturated carbocycles. The summed E-state index contributed by atoms with van der Waals surface area (Å²) in [4.78, 5) is 0. The van der Waals surface area contributed by atoms with E-state index in [1.54, 1.807) is 0 Å². The van der Waals surface area contributed by atoms with Crippen molar-refractivity contribution in [1.82, 2.24) is 0 Å². The summed E-state index contributed by atoms with van der Waals surface area (Å²) in [6.07, 6.45) is 13.3. The van der Waals surface area contributed by atoms with E-state index in [4.69, 9.17) is 0 Å². The largest absolute Gasteiger partial charge is 0.366 e. The first-order valence-electron chi connectivity index (χ1n) is 7.57. The molecule has 0 spiro atoms. The minimum Gasteiger partial charge on any atom is -0.366 e. The van der Waals surface area contributed by atoms with E-state index < -0.39 is 5.79 Å². The molecule has 2 heteroatoms. The summed E-state index contributed by atoms with van der Waals surface area (Å²) in [5, 5.41) is 19.1. The van der Waals surface area contributed by atoms with Gasteiger partial charge in [-0.1, -0.05) is 71.6 Å². The fourth-order valence-electron chi connectivity index (χ4n) is 2.24. The molecule has 0 radical (unpaired) electrons. The van der Waals surface area contributed by atoms with Crippen molar-refractivity contribution in [1.29, 1.82) is 0 Å². The van der Waals surface area contributed by atoms with Crippen LogP contribution in [-0.2, 0) is 0 Å². The van der Waals surface area contributed by atoms with E-state index in [1.807, 2.05) is 6.92 Å². The Kier molecular flexibility index (Phi) is 11.0. The predicted octanol–water partition coefficient (Wildman–Crippen LogP) is 4.39. The third-order valence-electron chi connectivity index (χ3n) is 3.33. The molecule has 0 aromatic carbocycles. The van der Waals surface area contributed by atoms with Crippen molar-refractivity contribution in [3.8, 4) is 0 Å². The molecule has 0 amide bonds. The van der Waals surface area contributed by atoms with Crippen LogP contribution >= 0.6 is 0 Å². The fourth-order valence-corrected chi connectivity index (χ4v) is 2.24. The molecular formula is C15H32O2. The van der Waals surface area contributed by atoms with Crippen molar-refractivity contribution in [3.05, 3.63) is 0 Å². The lowest BCUT2D eigenvalue weighted by Crippen LogP contribution is -2.27. The monoisotopic (exact) mass is 244 g/mol. The van der Waals surface area contributed by atoms with E-state index in [9.17, 15) is 10.2 Å². The molecule has 0 bridgehead atoms. The van der Waals surface area contributed by atoms with Gasteiger partial charge in [0.2, 0.25) is 0 Å². The smallest absolute Gasteiger partial charge is 0.162 e. The minimum atomic E-state index is -1.41. The van der Waals surface area contributed by atoms with Gasteiger partial charge in [0.15, 0.2) is 5.79 Å². The first-order valence-corrected chi connectivity index (χ1v) is 7.57. The fraction of sp³-hybridized carbons (Fsp3) is 1.00. The molecule has 0 aliphatic rings. The van der Waals surface area contributed by atoms with Gasteiger partial charge in [-0.25, -0.2) is 0 Å². The van der Waals surface area contributed by atoms with Crippen LogP contribution in [0.15, 0.2) is 0 Å². The molecule has 0 aromatic rings. The standard InChI is InChI=1S/C15H32O2/c1-3-5-6-7-8-9-10-11-12-14-15(16,17)13-4-2/h16-17H,3-14H2,1-2H3. The van der Waals surface area contributed by atoms with Gasteiger partial charge < -0.3 is 10.2 Å². The zero-order valence-corrected chi connectivity index (χ0v) is 11.9. The predicted molar refractivity (Wildman–Crippen MR) is 73.9 cm³/mol. The Morgan fingerprint density at radius 1 is 0.588 bits per heavy atom. The lowest BCUT2D eigenvalue weighted by atomic mass is 10.0. The SMILES string of the molecule is CCCCCCCCCCCC(O)(O)CCC. The summed E-state index contributed by atoms with van der Waals surface area (Å²) in [7, 11) is 0. The summed E-state index contributed by atoms with van der Waals surface area (Å²) in [6.45, 7) is 4.23. The summed E-state index contributed by atoms with van der Waals surface area (Å²) >= 11 is 0. The molecular weight excluding hydrogens is 212 g/mol. The minimum absolute atomic E-state index is 0.504. The van der Waals surface area contributed by atoms with Gasteiger partial charge in [-0.3, -0.25) is 0 Å². The van der Waals surface area contributed by atoms with Crippen LogP contribution in [0.25, 0.3) is 0 Å². The van der Waals surface area contributed by atoms with Gasteiger partial charge >= 0.3 is 0 Å². The lowest BCUT2D eigenvalue weighted by molar-refractivity contribution is -0.171. The third kappa shape index (κ3) is 12.2. The van der Waals surface area contributed by atoms with Gasteiger partial charge in [0.25, 0.3) is 0 Å². The maximum absolute atomic E-state index is 9.57. The highest BCUT2D eigenvalue weighted by Gasteiger charge is 2.20. The summed E-state index contributed by atoms with van der Waals surface area (Å²) in [5.41, 5.74) is 0. The Morgan fingerprint density at radius 3 is 1.53 bits per heavy atom. The van der Waals surface area contributed by atoms with Crippen LogP contribution in [0.4, 0.5) is 0 Å². The van der Waals surface area contributed by atoms with Crippen LogP contribution in [0.1, 0.15) is 90.9 Å². The van der Waals surface area contributed by atoms with Gasteiger partial charge in [-0.05, 0) is 6.42 Å². The first-order chi connectivity index (χ1) is 8.12. The topological polar surface area (TPSA) is 40.5 Å². The van der Waals surface area contributed by atoms with Crippen LogP contribution in [0.2, 0.25) is 0 Å². The molecule has 0 rings (SSSR count). The van der Waals surface area contributed by atoms with Gasteiger partial charge in [0, 0.05) is 12.8 Å². The number of hydrogen-bond acceptors (Lipinski definition) is 2. The second-order valence-electron chi connectivity index (χ2n) is 5.31. The zero-order valence-electron chi connectivity index (χ0n) is 11.9. The Bertz CT molecular complexity index is 155. The second kappa shape index (κ2) is 11.0. The number of rotatable bonds is 12. The Hall–Kier alpha value is -0.0800. The molecule has 0 aliphatic heterocycles. The molecule has 0 fully saturated rings. The van der Waals surface area contributed by atoms with Gasteiger partial charge in [-0.2, -0.15) is 0 Å². The number of aliphatic hydroxyl groups is 2. The van der Waals surface area contributed by atoms with E-state index in [1.165, 1.54) is 44.9 Å². The molecule has 0 atom stereocenters. The summed E-state index contributed by atoms with van der Waals surface area (Å²) < 4.78 is 0. The molecule has 2 nitrogen and oxygen atoms in total. The Balaban J connectivity index is 3.18. The second-order valence-corrected chi connectivity index (χ2v) is 5.31. The maximum atomic E-state index is 9.57. The van der Waals surface area contributed by atoms with E-state index in [0.717, 1.165) is 19.3 Å². The average molecular weight is 244 g/mol. The number of hydrogen-bond donors (Lipinski definition) is 2. The summed E-state index contributed by atoms with van der Waals surface area (Å²) in [6, 6.07) is 0. The highest BCUT2D eigenvalue weighted by Crippen LogP contribution is 2.18. The van der Waals surface area contributed by atoms with Crippen molar-refractivity contribution in [2.75, 3.05) is 0 Å². The Labute approximate surface area is 107 Å². The van der Waals surface area contributed by atoms with Crippen molar-refractivity contribution >= 4 is 0 Å². The van der Waals surface area contributed by atoms with Gasteiger partial charge in [-0.15, -0.1) is 0 Å². The highest BCUT2D eigenvalue weighted by molar-refractivity contribution is 4.63. The van der Waals surface area contributed by atoms with E-state index in [2.05, 4.69) is 6.92 Å². The number of unbranched alkanes of at least 4 members (excludes halogenated alkanes) is 8. The van der Waals surface area contributed by atoms with Crippen molar-refractivity contribution in [3.63, 3.8) is 0 Å². The molecule has 0 aliphatic carbocycles. The maximum Gasteiger partial charge on any atom is 0.162 e. The molecule has 0 heterocycles. The van der Waals surface area contributed by atoms with E-state index in [-0.39, 0.29) is 0 Å². The van der Waals surface area contributed by atoms with Gasteiger partial charge in [0.05, 0.1) is 0 Å². The van der Waals surface area contributed by atoms with Gasteiger partial charge in [0.1, 0.15) is 0 Å². The van der Waals surface area contributed by atoms with E-state index in [0.29, 0.717) is 12.8 Å². The van der Waals surface area contributed by atoms with Crippen LogP contribution in [0.3, 0.4) is 0 Å². The molecule has 0 aromatic heterocycles. The highest BCUT2D eigenvalue weighted by atomic mass is 16.5. The normalized spacial score (nSPS) is 12.0.